The van der Waals surface area contributed by atoms with Crippen molar-refractivity contribution >= 4 is 34.8 Å². The van der Waals surface area contributed by atoms with Gasteiger partial charge in [-0.15, -0.1) is 11.3 Å². The van der Waals surface area contributed by atoms with Crippen LogP contribution in [0.2, 0.25) is 0 Å². The molecule has 0 aliphatic carbocycles. The van der Waals surface area contributed by atoms with Gasteiger partial charge in [0.1, 0.15) is 0 Å². The summed E-state index contributed by atoms with van der Waals surface area (Å²) >= 11 is 1.42. The summed E-state index contributed by atoms with van der Waals surface area (Å²) in [6, 6.07) is 10.4. The van der Waals surface area contributed by atoms with Gasteiger partial charge in [0.05, 0.1) is 23.0 Å². The van der Waals surface area contributed by atoms with E-state index < -0.39 is 0 Å². The summed E-state index contributed by atoms with van der Waals surface area (Å²) in [6.07, 6.45) is 3.36. The van der Waals surface area contributed by atoms with Crippen LogP contribution < -0.4 is 5.32 Å². The summed E-state index contributed by atoms with van der Waals surface area (Å²) in [7, 11) is 0. The van der Waals surface area contributed by atoms with Gasteiger partial charge in [-0.3, -0.25) is 9.59 Å². The molecule has 2 heterocycles. The van der Waals surface area contributed by atoms with Crippen molar-refractivity contribution < 1.29 is 19.1 Å². The molecule has 0 saturated carbocycles. The number of unbranched alkanes of at least 4 members (excludes halogenated alkanes) is 1. The number of benzene rings is 1. The third kappa shape index (κ3) is 5.67. The van der Waals surface area contributed by atoms with Gasteiger partial charge in [0.2, 0.25) is 5.91 Å². The summed E-state index contributed by atoms with van der Waals surface area (Å²) in [5.41, 5.74) is 1.09. The Kier molecular flexibility index (Phi) is 7.41. The van der Waals surface area contributed by atoms with E-state index in [9.17, 15) is 14.4 Å². The minimum Gasteiger partial charge on any atom is -0.462 e. The van der Waals surface area contributed by atoms with Crippen LogP contribution in [0.5, 0.6) is 0 Å². The van der Waals surface area contributed by atoms with Gasteiger partial charge in [-0.05, 0) is 55.0 Å². The standard InChI is InChI=1S/C22H26N2O4S/c1-2-3-13-28-22(27)16-8-10-18(11-9-16)23-20(25)17-6-4-12-24(15-17)21(26)19-7-5-14-29-19/h5,7-11,14,17H,2-4,6,12-13,15H2,1H3,(H,23,25). The lowest BCUT2D eigenvalue weighted by atomic mass is 9.96. The molecule has 1 atom stereocenters. The second kappa shape index (κ2) is 10.2. The summed E-state index contributed by atoms with van der Waals surface area (Å²) < 4.78 is 5.19. The van der Waals surface area contributed by atoms with Gasteiger partial charge < -0.3 is 15.0 Å². The normalized spacial score (nSPS) is 16.3. The Morgan fingerprint density at radius 2 is 2.00 bits per heavy atom. The maximum Gasteiger partial charge on any atom is 0.338 e. The summed E-state index contributed by atoms with van der Waals surface area (Å²) in [6.45, 7) is 3.55. The molecule has 7 heteroatoms. The van der Waals surface area contributed by atoms with Crippen molar-refractivity contribution in [3.05, 3.63) is 52.2 Å². The topological polar surface area (TPSA) is 75.7 Å². The van der Waals surface area contributed by atoms with Crippen LogP contribution in [0.15, 0.2) is 41.8 Å². The molecule has 1 unspecified atom stereocenters. The third-order valence-electron chi connectivity index (χ3n) is 4.93. The minimum atomic E-state index is -0.355. The predicted octanol–water partition coefficient (Wildman–Crippen LogP) is 4.20. The van der Waals surface area contributed by atoms with E-state index >= 15 is 0 Å². The van der Waals surface area contributed by atoms with Gasteiger partial charge in [-0.1, -0.05) is 19.4 Å². The van der Waals surface area contributed by atoms with Crippen LogP contribution >= 0.6 is 11.3 Å². The van der Waals surface area contributed by atoms with Gasteiger partial charge in [0.15, 0.2) is 0 Å². The number of ether oxygens (including phenoxy) is 1. The fourth-order valence-electron chi connectivity index (χ4n) is 3.26. The van der Waals surface area contributed by atoms with Crippen molar-refractivity contribution in [1.82, 2.24) is 4.90 Å². The van der Waals surface area contributed by atoms with E-state index in [4.69, 9.17) is 4.74 Å². The first-order chi connectivity index (χ1) is 14.1. The van der Waals surface area contributed by atoms with E-state index in [0.29, 0.717) is 35.8 Å². The number of esters is 1. The van der Waals surface area contributed by atoms with E-state index in [-0.39, 0.29) is 23.7 Å². The quantitative estimate of drug-likeness (QED) is 0.544. The zero-order valence-corrected chi connectivity index (χ0v) is 17.4. The SMILES string of the molecule is CCCCOC(=O)c1ccc(NC(=O)C2CCCN(C(=O)c3cccs3)C2)cc1. The molecule has 1 N–H and O–H groups in total. The highest BCUT2D eigenvalue weighted by Crippen LogP contribution is 2.22. The average molecular weight is 415 g/mol. The molecule has 1 saturated heterocycles. The Labute approximate surface area is 174 Å². The minimum absolute atomic E-state index is 0.0107. The number of nitrogens with one attached hydrogen (secondary N) is 1. The molecule has 6 nitrogen and oxygen atoms in total. The first kappa shape index (κ1) is 21.0. The number of carbonyl (C=O) groups excluding carboxylic acids is 3. The maximum absolute atomic E-state index is 12.7. The Morgan fingerprint density at radius 3 is 2.69 bits per heavy atom. The number of amides is 2. The van der Waals surface area contributed by atoms with Crippen LogP contribution in [0.3, 0.4) is 0 Å². The lowest BCUT2D eigenvalue weighted by molar-refractivity contribution is -0.121. The van der Waals surface area contributed by atoms with Crippen LogP contribution in [-0.2, 0) is 9.53 Å². The van der Waals surface area contributed by atoms with Crippen LogP contribution in [0, 0.1) is 5.92 Å². The smallest absolute Gasteiger partial charge is 0.338 e. The number of carbonyl (C=O) groups is 3. The lowest BCUT2D eigenvalue weighted by Gasteiger charge is -2.31. The predicted molar refractivity (Wildman–Crippen MR) is 113 cm³/mol. The molecule has 29 heavy (non-hydrogen) atoms. The second-order valence-corrected chi connectivity index (χ2v) is 8.07. The zero-order valence-electron chi connectivity index (χ0n) is 16.6. The van der Waals surface area contributed by atoms with Gasteiger partial charge in [-0.25, -0.2) is 4.79 Å². The molecule has 1 aliphatic rings. The number of nitrogens with zero attached hydrogens (tertiary/aromatic N) is 1. The molecular formula is C22H26N2O4S. The molecular weight excluding hydrogens is 388 g/mol. The van der Waals surface area contributed by atoms with E-state index in [1.54, 1.807) is 29.2 Å². The maximum atomic E-state index is 12.7. The van der Waals surface area contributed by atoms with Crippen LogP contribution in [0.1, 0.15) is 52.6 Å². The number of piperidine rings is 1. The van der Waals surface area contributed by atoms with Crippen molar-refractivity contribution in [2.45, 2.75) is 32.6 Å². The molecule has 1 aromatic heterocycles. The Morgan fingerprint density at radius 1 is 1.21 bits per heavy atom. The Hall–Kier alpha value is -2.67. The van der Waals surface area contributed by atoms with Gasteiger partial charge in [0.25, 0.3) is 5.91 Å². The highest BCUT2D eigenvalue weighted by atomic mass is 32.1. The van der Waals surface area contributed by atoms with Crippen molar-refractivity contribution in [3.63, 3.8) is 0 Å². The number of thiophene rings is 1. The molecule has 1 fully saturated rings. The van der Waals surface area contributed by atoms with Crippen LogP contribution in [0.25, 0.3) is 0 Å². The molecule has 3 rings (SSSR count). The fraction of sp³-hybridized carbons (Fsp3) is 0.409. The van der Waals surface area contributed by atoms with E-state index in [1.807, 2.05) is 24.4 Å². The highest BCUT2D eigenvalue weighted by Gasteiger charge is 2.29. The van der Waals surface area contributed by atoms with E-state index in [0.717, 1.165) is 25.7 Å². The number of likely N-dealkylation sites (tertiary alicyclic amines) is 1. The van der Waals surface area contributed by atoms with Crippen LogP contribution in [-0.4, -0.2) is 42.4 Å². The fourth-order valence-corrected chi connectivity index (χ4v) is 3.95. The highest BCUT2D eigenvalue weighted by molar-refractivity contribution is 7.12. The van der Waals surface area contributed by atoms with E-state index in [1.165, 1.54) is 11.3 Å². The van der Waals surface area contributed by atoms with Crippen LogP contribution in [0.4, 0.5) is 5.69 Å². The molecule has 0 radical (unpaired) electrons. The molecule has 2 amide bonds. The summed E-state index contributed by atoms with van der Waals surface area (Å²) in [5.74, 6) is -0.715. The first-order valence-electron chi connectivity index (χ1n) is 9.99. The zero-order chi connectivity index (χ0) is 20.6. The molecule has 0 bridgehead atoms. The van der Waals surface area contributed by atoms with Crippen molar-refractivity contribution in [2.24, 2.45) is 5.92 Å². The lowest BCUT2D eigenvalue weighted by Crippen LogP contribution is -2.43. The molecule has 1 aliphatic heterocycles. The van der Waals surface area contributed by atoms with Gasteiger partial charge in [-0.2, -0.15) is 0 Å². The number of anilines is 1. The summed E-state index contributed by atoms with van der Waals surface area (Å²) in [4.78, 5) is 39.6. The molecule has 2 aromatic rings. The second-order valence-electron chi connectivity index (χ2n) is 7.12. The largest absolute Gasteiger partial charge is 0.462 e. The van der Waals surface area contributed by atoms with Crippen molar-refractivity contribution in [1.29, 1.82) is 0 Å². The number of hydrogen-bond donors (Lipinski definition) is 1. The molecule has 1 aromatic carbocycles. The average Bonchev–Trinajstić information content (AvgIpc) is 3.29. The van der Waals surface area contributed by atoms with Crippen molar-refractivity contribution in [3.8, 4) is 0 Å². The van der Waals surface area contributed by atoms with Gasteiger partial charge >= 0.3 is 5.97 Å². The summed E-state index contributed by atoms with van der Waals surface area (Å²) in [5, 5.41) is 4.78. The number of rotatable bonds is 7. The Balaban J connectivity index is 1.54. The Bertz CT molecular complexity index is 833. The van der Waals surface area contributed by atoms with E-state index in [2.05, 4.69) is 5.32 Å². The molecule has 154 valence electrons. The third-order valence-corrected chi connectivity index (χ3v) is 5.79. The number of hydrogen-bond acceptors (Lipinski definition) is 5. The monoisotopic (exact) mass is 414 g/mol. The molecule has 0 spiro atoms. The van der Waals surface area contributed by atoms with Crippen molar-refractivity contribution in [2.75, 3.05) is 25.0 Å². The first-order valence-corrected chi connectivity index (χ1v) is 10.9. The van der Waals surface area contributed by atoms with Gasteiger partial charge in [0, 0.05) is 18.8 Å².